The largest absolute Gasteiger partial charge is 0.316 e. The average Bonchev–Trinajstić information content (AvgIpc) is 2.20. The van der Waals surface area contributed by atoms with Crippen LogP contribution in [0.4, 0.5) is 0 Å². The highest BCUT2D eigenvalue weighted by molar-refractivity contribution is 7.87. The molecule has 1 rings (SSSR count). The lowest BCUT2D eigenvalue weighted by atomic mass is 9.97. The molecule has 0 aromatic heterocycles. The second-order valence-corrected chi connectivity index (χ2v) is 5.92. The fourth-order valence-corrected chi connectivity index (χ4v) is 2.89. The van der Waals surface area contributed by atoms with Gasteiger partial charge in [-0.05, 0) is 25.4 Å². The van der Waals surface area contributed by atoms with Crippen molar-refractivity contribution in [2.24, 2.45) is 5.92 Å². The van der Waals surface area contributed by atoms with E-state index >= 15 is 0 Å². The number of hydrogen-bond donors (Lipinski definition) is 2. The van der Waals surface area contributed by atoms with Crippen LogP contribution in [0.3, 0.4) is 0 Å². The molecule has 0 aromatic rings. The third-order valence-corrected chi connectivity index (χ3v) is 4.62. The zero-order valence-corrected chi connectivity index (χ0v) is 10.5. The molecule has 1 aliphatic heterocycles. The van der Waals surface area contributed by atoms with Gasteiger partial charge in [-0.15, -0.1) is 0 Å². The Bertz CT molecular complexity index is 292. The molecular formula is C9H21N3O2S. The topological polar surface area (TPSA) is 61.4 Å². The summed E-state index contributed by atoms with van der Waals surface area (Å²) in [6.45, 7) is 6.14. The van der Waals surface area contributed by atoms with E-state index in [0.717, 1.165) is 19.5 Å². The second kappa shape index (κ2) is 5.25. The van der Waals surface area contributed by atoms with Gasteiger partial charge in [0, 0.05) is 19.6 Å². The van der Waals surface area contributed by atoms with Gasteiger partial charge in [0.15, 0.2) is 0 Å². The minimum atomic E-state index is -3.29. The molecule has 1 aliphatic rings. The lowest BCUT2D eigenvalue weighted by molar-refractivity contribution is 0.321. The van der Waals surface area contributed by atoms with E-state index in [0.29, 0.717) is 12.5 Å². The van der Waals surface area contributed by atoms with Crippen LogP contribution in [-0.2, 0) is 10.2 Å². The minimum absolute atomic E-state index is 0.0604. The Balaban J connectivity index is 2.59. The molecule has 0 spiro atoms. The first-order valence-corrected chi connectivity index (χ1v) is 6.85. The van der Waals surface area contributed by atoms with Crippen LogP contribution in [0.25, 0.3) is 0 Å². The summed E-state index contributed by atoms with van der Waals surface area (Å²) in [5.74, 6) is 0.346. The molecule has 0 aliphatic carbocycles. The van der Waals surface area contributed by atoms with Gasteiger partial charge in [-0.2, -0.15) is 17.4 Å². The maximum absolute atomic E-state index is 11.8. The number of piperidine rings is 1. The van der Waals surface area contributed by atoms with E-state index in [1.54, 1.807) is 7.05 Å². The van der Waals surface area contributed by atoms with Crippen molar-refractivity contribution in [2.75, 3.05) is 26.7 Å². The Morgan fingerprint density at radius 1 is 1.53 bits per heavy atom. The average molecular weight is 235 g/mol. The molecule has 2 unspecified atom stereocenters. The SMILES string of the molecule is CCN(C)S(=O)(=O)NC1CCNCC1C. The summed E-state index contributed by atoms with van der Waals surface area (Å²) in [4.78, 5) is 0. The second-order valence-electron chi connectivity index (χ2n) is 4.11. The van der Waals surface area contributed by atoms with E-state index in [1.807, 2.05) is 6.92 Å². The fraction of sp³-hybridized carbons (Fsp3) is 1.00. The Morgan fingerprint density at radius 3 is 2.73 bits per heavy atom. The Labute approximate surface area is 92.4 Å². The highest BCUT2D eigenvalue weighted by Gasteiger charge is 2.27. The van der Waals surface area contributed by atoms with Crippen molar-refractivity contribution < 1.29 is 8.42 Å². The van der Waals surface area contributed by atoms with Crippen LogP contribution in [0.15, 0.2) is 0 Å². The summed E-state index contributed by atoms with van der Waals surface area (Å²) in [6.07, 6.45) is 0.859. The maximum Gasteiger partial charge on any atom is 0.279 e. The molecule has 0 radical (unpaired) electrons. The Morgan fingerprint density at radius 2 is 2.20 bits per heavy atom. The van der Waals surface area contributed by atoms with Crippen LogP contribution in [0.2, 0.25) is 0 Å². The van der Waals surface area contributed by atoms with E-state index < -0.39 is 10.2 Å². The molecule has 90 valence electrons. The van der Waals surface area contributed by atoms with Crippen molar-refractivity contribution >= 4 is 10.2 Å². The Kier molecular flexibility index (Phi) is 4.51. The number of nitrogens with one attached hydrogen (secondary N) is 2. The minimum Gasteiger partial charge on any atom is -0.316 e. The van der Waals surface area contributed by atoms with Crippen molar-refractivity contribution in [2.45, 2.75) is 26.3 Å². The van der Waals surface area contributed by atoms with Crippen LogP contribution in [0.5, 0.6) is 0 Å². The summed E-state index contributed by atoms with van der Waals surface area (Å²) >= 11 is 0. The van der Waals surface area contributed by atoms with Gasteiger partial charge < -0.3 is 5.32 Å². The van der Waals surface area contributed by atoms with Gasteiger partial charge in [0.05, 0.1) is 0 Å². The highest BCUT2D eigenvalue weighted by atomic mass is 32.2. The fourth-order valence-electron chi connectivity index (χ4n) is 1.64. The first kappa shape index (κ1) is 12.9. The summed E-state index contributed by atoms with van der Waals surface area (Å²) in [5, 5.41) is 3.25. The lowest BCUT2D eigenvalue weighted by Crippen LogP contribution is -2.51. The number of rotatable bonds is 4. The van der Waals surface area contributed by atoms with Crippen molar-refractivity contribution in [1.82, 2.24) is 14.3 Å². The van der Waals surface area contributed by atoms with Gasteiger partial charge in [0.1, 0.15) is 0 Å². The van der Waals surface area contributed by atoms with E-state index in [4.69, 9.17) is 0 Å². The molecule has 0 bridgehead atoms. The standard InChI is InChI=1S/C9H21N3O2S/c1-4-12(3)15(13,14)11-9-5-6-10-7-8(9)2/h8-11H,4-7H2,1-3H3. The van der Waals surface area contributed by atoms with Gasteiger partial charge in [-0.3, -0.25) is 0 Å². The molecular weight excluding hydrogens is 214 g/mol. The first-order valence-electron chi connectivity index (χ1n) is 5.41. The van der Waals surface area contributed by atoms with Gasteiger partial charge in [-0.1, -0.05) is 13.8 Å². The van der Waals surface area contributed by atoms with Crippen molar-refractivity contribution in [3.05, 3.63) is 0 Å². The third kappa shape index (κ3) is 3.41. The van der Waals surface area contributed by atoms with Gasteiger partial charge in [0.25, 0.3) is 10.2 Å². The number of nitrogens with zero attached hydrogens (tertiary/aromatic N) is 1. The first-order chi connectivity index (χ1) is 6.97. The molecule has 0 saturated carbocycles. The summed E-state index contributed by atoms with van der Waals surface area (Å²) in [6, 6.07) is 0.0604. The van der Waals surface area contributed by atoms with Crippen LogP contribution < -0.4 is 10.0 Å². The summed E-state index contributed by atoms with van der Waals surface area (Å²) in [7, 11) is -1.70. The molecule has 2 atom stereocenters. The molecule has 5 nitrogen and oxygen atoms in total. The maximum atomic E-state index is 11.8. The monoisotopic (exact) mass is 235 g/mol. The highest BCUT2D eigenvalue weighted by Crippen LogP contribution is 2.12. The van der Waals surface area contributed by atoms with E-state index in [9.17, 15) is 8.42 Å². The normalized spacial score (nSPS) is 28.3. The molecule has 1 saturated heterocycles. The molecule has 0 aromatic carbocycles. The quantitative estimate of drug-likeness (QED) is 0.707. The molecule has 1 heterocycles. The van der Waals surface area contributed by atoms with Gasteiger partial charge in [0.2, 0.25) is 0 Å². The smallest absolute Gasteiger partial charge is 0.279 e. The third-order valence-electron chi connectivity index (χ3n) is 2.94. The van der Waals surface area contributed by atoms with E-state index in [1.165, 1.54) is 4.31 Å². The van der Waals surface area contributed by atoms with Crippen molar-refractivity contribution in [3.63, 3.8) is 0 Å². The van der Waals surface area contributed by atoms with Crippen LogP contribution in [0.1, 0.15) is 20.3 Å². The Hall–Kier alpha value is -0.170. The summed E-state index contributed by atoms with van der Waals surface area (Å²) in [5.41, 5.74) is 0. The van der Waals surface area contributed by atoms with Crippen molar-refractivity contribution in [3.8, 4) is 0 Å². The lowest BCUT2D eigenvalue weighted by Gasteiger charge is -2.31. The molecule has 6 heteroatoms. The summed E-state index contributed by atoms with van der Waals surface area (Å²) < 4.78 is 27.6. The zero-order valence-electron chi connectivity index (χ0n) is 9.66. The van der Waals surface area contributed by atoms with Gasteiger partial charge >= 0.3 is 0 Å². The van der Waals surface area contributed by atoms with E-state index in [2.05, 4.69) is 17.0 Å². The molecule has 0 amide bonds. The van der Waals surface area contributed by atoms with E-state index in [-0.39, 0.29) is 6.04 Å². The molecule has 1 fully saturated rings. The molecule has 15 heavy (non-hydrogen) atoms. The number of hydrogen-bond acceptors (Lipinski definition) is 3. The molecule has 2 N–H and O–H groups in total. The van der Waals surface area contributed by atoms with Crippen LogP contribution in [0, 0.1) is 5.92 Å². The van der Waals surface area contributed by atoms with Crippen LogP contribution in [-0.4, -0.2) is 45.4 Å². The van der Waals surface area contributed by atoms with Gasteiger partial charge in [-0.25, -0.2) is 0 Å². The van der Waals surface area contributed by atoms with Crippen molar-refractivity contribution in [1.29, 1.82) is 0 Å². The predicted octanol–water partition coefficient (Wildman–Crippen LogP) is -0.229. The zero-order chi connectivity index (χ0) is 11.5. The predicted molar refractivity (Wildman–Crippen MR) is 60.8 cm³/mol. The van der Waals surface area contributed by atoms with Crippen LogP contribution >= 0.6 is 0 Å².